The van der Waals surface area contributed by atoms with E-state index in [9.17, 15) is 31.9 Å². The lowest BCUT2D eigenvalue weighted by Crippen LogP contribution is -2.49. The highest BCUT2D eigenvalue weighted by Gasteiger charge is 2.45. The molecule has 0 aromatic heterocycles. The summed E-state index contributed by atoms with van der Waals surface area (Å²) in [5.41, 5.74) is -0.961. The number of aliphatic hydroxyl groups excluding tert-OH is 1. The smallest absolute Gasteiger partial charge is 0.416 e. The number of benzene rings is 2. The topological polar surface area (TPSA) is 81.6 Å². The maximum absolute atomic E-state index is 13.4. The standard InChI is InChI=1S/C21H21F5N2O3/c22-15-6-12(7-16(23)10-15)8-17(28-19(30)31)18(29)11-27-20(4-5-20)13-2-1-3-14(9-13)21(24,25)26/h1-3,6-7,9-10,17-18,27-29H,4-5,8,11H2,(H,30,31)/t17-,18-/m0/s1. The highest BCUT2D eigenvalue weighted by atomic mass is 19.4. The normalized spacial score (nSPS) is 17.1. The average molecular weight is 444 g/mol. The van der Waals surface area contributed by atoms with E-state index in [0.29, 0.717) is 24.5 Å². The van der Waals surface area contributed by atoms with Crippen LogP contribution in [0.2, 0.25) is 0 Å². The van der Waals surface area contributed by atoms with E-state index in [0.717, 1.165) is 24.3 Å². The van der Waals surface area contributed by atoms with Gasteiger partial charge in [-0.25, -0.2) is 13.6 Å². The summed E-state index contributed by atoms with van der Waals surface area (Å²) in [4.78, 5) is 11.1. The van der Waals surface area contributed by atoms with Crippen molar-refractivity contribution in [2.24, 2.45) is 0 Å². The zero-order valence-corrected chi connectivity index (χ0v) is 16.2. The van der Waals surface area contributed by atoms with Gasteiger partial charge in [0, 0.05) is 18.2 Å². The predicted octanol–water partition coefficient (Wildman–Crippen LogP) is 3.80. The number of rotatable bonds is 8. The molecule has 1 aliphatic rings. The Morgan fingerprint density at radius 1 is 1.10 bits per heavy atom. The Kier molecular flexibility index (Phi) is 6.51. The van der Waals surface area contributed by atoms with Crippen LogP contribution in [0.15, 0.2) is 42.5 Å². The summed E-state index contributed by atoms with van der Waals surface area (Å²) in [7, 11) is 0. The number of hydrogen-bond donors (Lipinski definition) is 4. The molecule has 1 saturated carbocycles. The molecule has 31 heavy (non-hydrogen) atoms. The predicted molar refractivity (Wildman–Crippen MR) is 101 cm³/mol. The van der Waals surface area contributed by atoms with Gasteiger partial charge in [-0.05, 0) is 54.7 Å². The lowest BCUT2D eigenvalue weighted by atomic mass is 9.98. The van der Waals surface area contributed by atoms with Crippen molar-refractivity contribution in [3.05, 3.63) is 70.8 Å². The van der Waals surface area contributed by atoms with Gasteiger partial charge in [0.1, 0.15) is 11.6 Å². The lowest BCUT2D eigenvalue weighted by molar-refractivity contribution is -0.137. The Balaban J connectivity index is 1.70. The molecule has 0 unspecified atom stereocenters. The molecule has 0 bridgehead atoms. The Hall–Kier alpha value is -2.72. The zero-order valence-electron chi connectivity index (χ0n) is 16.2. The van der Waals surface area contributed by atoms with Crippen molar-refractivity contribution >= 4 is 6.09 Å². The van der Waals surface area contributed by atoms with Crippen LogP contribution < -0.4 is 10.6 Å². The molecule has 1 fully saturated rings. The van der Waals surface area contributed by atoms with E-state index in [-0.39, 0.29) is 18.5 Å². The third-order valence-corrected chi connectivity index (χ3v) is 5.29. The summed E-state index contributed by atoms with van der Waals surface area (Å²) in [5.74, 6) is -1.67. The van der Waals surface area contributed by atoms with Gasteiger partial charge in [-0.3, -0.25) is 0 Å². The Morgan fingerprint density at radius 3 is 2.29 bits per heavy atom. The third-order valence-electron chi connectivity index (χ3n) is 5.29. The Bertz CT molecular complexity index is 927. The van der Waals surface area contributed by atoms with Crippen molar-refractivity contribution in [2.45, 2.75) is 43.1 Å². The fourth-order valence-electron chi connectivity index (χ4n) is 3.55. The maximum atomic E-state index is 13.4. The van der Waals surface area contributed by atoms with E-state index < -0.39 is 47.2 Å². The van der Waals surface area contributed by atoms with Gasteiger partial charge in [0.2, 0.25) is 0 Å². The quantitative estimate of drug-likeness (QED) is 0.467. The minimum absolute atomic E-state index is 0.140. The summed E-state index contributed by atoms with van der Waals surface area (Å²) < 4.78 is 65.9. The van der Waals surface area contributed by atoms with Crippen LogP contribution in [-0.2, 0) is 18.1 Å². The Morgan fingerprint density at radius 2 is 1.74 bits per heavy atom. The second-order valence-corrected chi connectivity index (χ2v) is 7.65. The Labute approximate surface area is 174 Å². The summed E-state index contributed by atoms with van der Waals surface area (Å²) >= 11 is 0. The first kappa shape index (κ1) is 23.0. The molecule has 4 N–H and O–H groups in total. The first-order chi connectivity index (χ1) is 14.5. The van der Waals surface area contributed by atoms with E-state index in [4.69, 9.17) is 5.11 Å². The molecule has 2 atom stereocenters. The third kappa shape index (κ3) is 5.92. The summed E-state index contributed by atoms with van der Waals surface area (Å²) in [6, 6.07) is 6.54. The molecule has 1 amide bonds. The van der Waals surface area contributed by atoms with Crippen molar-refractivity contribution < 1.29 is 37.0 Å². The molecular weight excluding hydrogens is 423 g/mol. The summed E-state index contributed by atoms with van der Waals surface area (Å²) in [5, 5.41) is 24.7. The van der Waals surface area contributed by atoms with E-state index in [1.807, 2.05) is 0 Å². The number of aliphatic hydroxyl groups is 1. The van der Waals surface area contributed by atoms with Crippen molar-refractivity contribution in [1.29, 1.82) is 0 Å². The molecule has 1 aliphatic carbocycles. The summed E-state index contributed by atoms with van der Waals surface area (Å²) in [6.07, 6.45) is -6.30. The highest BCUT2D eigenvalue weighted by molar-refractivity contribution is 5.65. The molecule has 0 heterocycles. The van der Waals surface area contributed by atoms with Crippen LogP contribution in [0.3, 0.4) is 0 Å². The van der Waals surface area contributed by atoms with Gasteiger partial charge in [0.05, 0.1) is 17.7 Å². The molecule has 0 radical (unpaired) electrons. The molecule has 2 aromatic carbocycles. The number of carbonyl (C=O) groups is 1. The van der Waals surface area contributed by atoms with Crippen LogP contribution in [0.25, 0.3) is 0 Å². The van der Waals surface area contributed by atoms with Gasteiger partial charge in [-0.1, -0.05) is 12.1 Å². The van der Waals surface area contributed by atoms with Crippen molar-refractivity contribution in [3.8, 4) is 0 Å². The van der Waals surface area contributed by atoms with Crippen LogP contribution in [0.5, 0.6) is 0 Å². The monoisotopic (exact) mass is 444 g/mol. The molecule has 10 heteroatoms. The number of carboxylic acid groups (broad SMARTS) is 1. The zero-order chi connectivity index (χ0) is 22.8. The first-order valence-corrected chi connectivity index (χ1v) is 9.54. The summed E-state index contributed by atoms with van der Waals surface area (Å²) in [6.45, 7) is -0.140. The van der Waals surface area contributed by atoms with Gasteiger partial charge in [0.15, 0.2) is 0 Å². The van der Waals surface area contributed by atoms with Crippen LogP contribution in [0, 0.1) is 11.6 Å². The molecule has 0 aliphatic heterocycles. The number of alkyl halides is 3. The minimum Gasteiger partial charge on any atom is -0.465 e. The molecule has 0 spiro atoms. The fourth-order valence-corrected chi connectivity index (χ4v) is 3.55. The van der Waals surface area contributed by atoms with E-state index >= 15 is 0 Å². The number of amides is 1. The van der Waals surface area contributed by atoms with Gasteiger partial charge in [-0.15, -0.1) is 0 Å². The van der Waals surface area contributed by atoms with E-state index in [1.165, 1.54) is 6.07 Å². The highest BCUT2D eigenvalue weighted by Crippen LogP contribution is 2.46. The largest absolute Gasteiger partial charge is 0.465 e. The van der Waals surface area contributed by atoms with Crippen molar-refractivity contribution in [2.75, 3.05) is 6.54 Å². The van der Waals surface area contributed by atoms with Crippen molar-refractivity contribution in [1.82, 2.24) is 10.6 Å². The van der Waals surface area contributed by atoms with Crippen LogP contribution in [0.1, 0.15) is 29.5 Å². The van der Waals surface area contributed by atoms with Gasteiger partial charge < -0.3 is 20.8 Å². The van der Waals surface area contributed by atoms with Crippen LogP contribution >= 0.6 is 0 Å². The first-order valence-electron chi connectivity index (χ1n) is 9.54. The van der Waals surface area contributed by atoms with Gasteiger partial charge >= 0.3 is 12.3 Å². The second kappa shape index (κ2) is 8.80. The molecular formula is C21H21F5N2O3. The number of hydrogen-bond acceptors (Lipinski definition) is 3. The van der Waals surface area contributed by atoms with Crippen LogP contribution in [-0.4, -0.2) is 35.0 Å². The molecule has 168 valence electrons. The number of nitrogens with one attached hydrogen (secondary N) is 2. The fraction of sp³-hybridized carbons (Fsp3) is 0.381. The van der Waals surface area contributed by atoms with Gasteiger partial charge in [-0.2, -0.15) is 13.2 Å². The lowest BCUT2D eigenvalue weighted by Gasteiger charge is -2.26. The molecule has 0 saturated heterocycles. The molecule has 3 rings (SSSR count). The number of halogens is 5. The SMILES string of the molecule is O=C(O)N[C@@H](Cc1cc(F)cc(F)c1)[C@@H](O)CNC1(c2cccc(C(F)(F)F)c2)CC1. The average Bonchev–Trinajstić information content (AvgIpc) is 3.45. The van der Waals surface area contributed by atoms with Gasteiger partial charge in [0.25, 0.3) is 0 Å². The van der Waals surface area contributed by atoms with Crippen LogP contribution in [0.4, 0.5) is 26.7 Å². The molecule has 5 nitrogen and oxygen atoms in total. The van der Waals surface area contributed by atoms with E-state index in [2.05, 4.69) is 10.6 Å². The molecule has 2 aromatic rings. The maximum Gasteiger partial charge on any atom is 0.416 e. The second-order valence-electron chi connectivity index (χ2n) is 7.65. The minimum atomic E-state index is -4.48. The van der Waals surface area contributed by atoms with E-state index in [1.54, 1.807) is 6.07 Å². The van der Waals surface area contributed by atoms with Crippen molar-refractivity contribution in [3.63, 3.8) is 0 Å².